The van der Waals surface area contributed by atoms with Gasteiger partial charge in [0.2, 0.25) is 0 Å². The van der Waals surface area contributed by atoms with Gasteiger partial charge in [0.1, 0.15) is 0 Å². The first-order valence-electron chi connectivity index (χ1n) is 4.34. The summed E-state index contributed by atoms with van der Waals surface area (Å²) in [6.07, 6.45) is 0.471. The van der Waals surface area contributed by atoms with Crippen LogP contribution in [0.25, 0.3) is 0 Å². The molecule has 2 unspecified atom stereocenters. The zero-order chi connectivity index (χ0) is 9.72. The third-order valence-electron chi connectivity index (χ3n) is 1.73. The minimum Gasteiger partial charge on any atom is -0.481 e. The van der Waals surface area contributed by atoms with E-state index in [-0.39, 0.29) is 0 Å². The predicted molar refractivity (Wildman–Crippen MR) is 46.9 cm³/mol. The molecule has 0 bridgehead atoms. The number of carboxylic acid groups (broad SMARTS) is 1. The van der Waals surface area contributed by atoms with Crippen LogP contribution in [0.15, 0.2) is 0 Å². The lowest BCUT2D eigenvalue weighted by Gasteiger charge is -2.15. The highest BCUT2D eigenvalue weighted by atomic mass is 16.4. The van der Waals surface area contributed by atoms with Gasteiger partial charge >= 0.3 is 5.97 Å². The molecular formula is C9H18O3. The van der Waals surface area contributed by atoms with Crippen LogP contribution in [0.3, 0.4) is 0 Å². The molecule has 0 rings (SSSR count). The summed E-state index contributed by atoms with van der Waals surface area (Å²) in [7, 11) is 0. The summed E-state index contributed by atoms with van der Waals surface area (Å²) >= 11 is 0. The second kappa shape index (κ2) is 5.14. The Kier molecular flexibility index (Phi) is 4.90. The van der Waals surface area contributed by atoms with Gasteiger partial charge in [0.15, 0.2) is 0 Å². The molecule has 0 amide bonds. The van der Waals surface area contributed by atoms with Crippen LogP contribution in [0.5, 0.6) is 0 Å². The molecule has 2 atom stereocenters. The van der Waals surface area contributed by atoms with E-state index < -0.39 is 18.0 Å². The van der Waals surface area contributed by atoms with Gasteiger partial charge in [-0.2, -0.15) is 0 Å². The summed E-state index contributed by atoms with van der Waals surface area (Å²) in [4.78, 5) is 10.7. The van der Waals surface area contributed by atoms with Crippen molar-refractivity contribution in [2.75, 3.05) is 0 Å². The molecule has 0 fully saturated rings. The molecule has 0 aliphatic rings. The summed E-state index contributed by atoms with van der Waals surface area (Å²) in [6, 6.07) is 0. The minimum atomic E-state index is -0.801. The van der Waals surface area contributed by atoms with E-state index in [2.05, 4.69) is 0 Å². The second-order valence-corrected chi connectivity index (χ2v) is 3.75. The lowest BCUT2D eigenvalue weighted by atomic mass is 9.92. The van der Waals surface area contributed by atoms with E-state index in [0.717, 1.165) is 0 Å². The molecule has 3 heteroatoms. The van der Waals surface area contributed by atoms with Gasteiger partial charge in [0.25, 0.3) is 0 Å². The molecule has 0 saturated carbocycles. The van der Waals surface area contributed by atoms with Crippen molar-refractivity contribution in [1.82, 2.24) is 0 Å². The Morgan fingerprint density at radius 3 is 2.00 bits per heavy atom. The van der Waals surface area contributed by atoms with Crippen molar-refractivity contribution in [3.63, 3.8) is 0 Å². The molecule has 0 aliphatic heterocycles. The van der Waals surface area contributed by atoms with E-state index in [1.165, 1.54) is 0 Å². The highest BCUT2D eigenvalue weighted by Crippen LogP contribution is 2.17. The molecule has 0 radical (unpaired) electrons. The number of aliphatic hydroxyl groups is 1. The van der Waals surface area contributed by atoms with Crippen molar-refractivity contribution in [2.24, 2.45) is 11.8 Å². The monoisotopic (exact) mass is 174 g/mol. The Labute approximate surface area is 73.4 Å². The van der Waals surface area contributed by atoms with Gasteiger partial charge in [-0.15, -0.1) is 0 Å². The quantitative estimate of drug-likeness (QED) is 0.664. The van der Waals surface area contributed by atoms with Gasteiger partial charge < -0.3 is 10.2 Å². The molecule has 0 aliphatic carbocycles. The third kappa shape index (κ3) is 5.13. The maximum Gasteiger partial charge on any atom is 0.306 e. The highest BCUT2D eigenvalue weighted by molar-refractivity contribution is 5.69. The van der Waals surface area contributed by atoms with Crippen LogP contribution in [0.1, 0.15) is 33.6 Å². The molecule has 12 heavy (non-hydrogen) atoms. The Morgan fingerprint density at radius 1 is 1.25 bits per heavy atom. The fourth-order valence-corrected chi connectivity index (χ4v) is 1.28. The van der Waals surface area contributed by atoms with Crippen LogP contribution in [0.4, 0.5) is 0 Å². The number of aliphatic hydroxyl groups excluding tert-OH is 1. The van der Waals surface area contributed by atoms with E-state index in [1.807, 2.05) is 13.8 Å². The van der Waals surface area contributed by atoms with Crippen LogP contribution in [0.2, 0.25) is 0 Å². The maximum atomic E-state index is 10.7. The van der Waals surface area contributed by atoms with Crippen molar-refractivity contribution >= 4 is 5.97 Å². The summed E-state index contributed by atoms with van der Waals surface area (Å²) in [5, 5.41) is 17.8. The van der Waals surface area contributed by atoms with E-state index >= 15 is 0 Å². The number of carboxylic acids is 1. The van der Waals surface area contributed by atoms with Gasteiger partial charge in [-0.05, 0) is 25.7 Å². The average Bonchev–Trinajstić information content (AvgIpc) is 1.83. The lowest BCUT2D eigenvalue weighted by Crippen LogP contribution is -2.20. The Bertz CT molecular complexity index is 131. The van der Waals surface area contributed by atoms with Crippen LogP contribution in [0, 0.1) is 11.8 Å². The van der Waals surface area contributed by atoms with Crippen molar-refractivity contribution in [2.45, 2.75) is 39.7 Å². The SMILES string of the molecule is CC(C)CC(CC(C)O)C(=O)O. The van der Waals surface area contributed by atoms with E-state index in [4.69, 9.17) is 10.2 Å². The van der Waals surface area contributed by atoms with Crippen molar-refractivity contribution in [1.29, 1.82) is 0 Å². The first-order valence-corrected chi connectivity index (χ1v) is 4.34. The Hall–Kier alpha value is -0.570. The van der Waals surface area contributed by atoms with Crippen LogP contribution >= 0.6 is 0 Å². The lowest BCUT2D eigenvalue weighted by molar-refractivity contribution is -0.143. The summed E-state index contributed by atoms with van der Waals surface area (Å²) in [5.74, 6) is -0.834. The highest BCUT2D eigenvalue weighted by Gasteiger charge is 2.20. The Balaban J connectivity index is 3.96. The first-order chi connectivity index (χ1) is 5.43. The predicted octanol–water partition coefficient (Wildman–Crippen LogP) is 1.50. The van der Waals surface area contributed by atoms with Gasteiger partial charge in [-0.25, -0.2) is 0 Å². The number of rotatable bonds is 5. The van der Waals surface area contributed by atoms with E-state index in [9.17, 15) is 4.79 Å². The van der Waals surface area contributed by atoms with Crippen LogP contribution in [-0.4, -0.2) is 22.3 Å². The number of hydrogen-bond donors (Lipinski definition) is 2. The van der Waals surface area contributed by atoms with E-state index in [1.54, 1.807) is 6.92 Å². The van der Waals surface area contributed by atoms with Crippen LogP contribution in [-0.2, 0) is 4.79 Å². The maximum absolute atomic E-state index is 10.7. The van der Waals surface area contributed by atoms with Crippen molar-refractivity contribution in [3.8, 4) is 0 Å². The molecule has 0 spiro atoms. The van der Waals surface area contributed by atoms with Gasteiger partial charge in [-0.3, -0.25) is 4.79 Å². The van der Waals surface area contributed by atoms with Gasteiger partial charge in [0.05, 0.1) is 12.0 Å². The topological polar surface area (TPSA) is 57.5 Å². The normalized spacial score (nSPS) is 16.1. The molecule has 0 aromatic carbocycles. The number of carbonyl (C=O) groups is 1. The van der Waals surface area contributed by atoms with Crippen LogP contribution < -0.4 is 0 Å². The molecule has 0 heterocycles. The number of hydrogen-bond acceptors (Lipinski definition) is 2. The molecular weight excluding hydrogens is 156 g/mol. The molecule has 3 nitrogen and oxygen atoms in total. The zero-order valence-electron chi connectivity index (χ0n) is 7.95. The zero-order valence-corrected chi connectivity index (χ0v) is 7.95. The van der Waals surface area contributed by atoms with E-state index in [0.29, 0.717) is 18.8 Å². The van der Waals surface area contributed by atoms with Crippen molar-refractivity contribution < 1.29 is 15.0 Å². The third-order valence-corrected chi connectivity index (χ3v) is 1.73. The van der Waals surface area contributed by atoms with Gasteiger partial charge in [-0.1, -0.05) is 13.8 Å². The standard InChI is InChI=1S/C9H18O3/c1-6(2)4-8(9(11)12)5-7(3)10/h6-8,10H,4-5H2,1-3H3,(H,11,12). The largest absolute Gasteiger partial charge is 0.481 e. The summed E-state index contributed by atoms with van der Waals surface area (Å²) < 4.78 is 0. The summed E-state index contributed by atoms with van der Waals surface area (Å²) in [6.45, 7) is 5.59. The van der Waals surface area contributed by atoms with Crippen molar-refractivity contribution in [3.05, 3.63) is 0 Å². The summed E-state index contributed by atoms with van der Waals surface area (Å²) in [5.41, 5.74) is 0. The molecule has 2 N–H and O–H groups in total. The molecule has 0 aromatic heterocycles. The first kappa shape index (κ1) is 11.4. The second-order valence-electron chi connectivity index (χ2n) is 3.75. The number of aliphatic carboxylic acids is 1. The minimum absolute atomic E-state index is 0.355. The molecule has 0 aromatic rings. The fraction of sp³-hybridized carbons (Fsp3) is 0.889. The smallest absolute Gasteiger partial charge is 0.306 e. The fourth-order valence-electron chi connectivity index (χ4n) is 1.28. The van der Waals surface area contributed by atoms with Gasteiger partial charge in [0, 0.05) is 0 Å². The molecule has 72 valence electrons. The molecule has 0 saturated heterocycles. The average molecular weight is 174 g/mol. The Morgan fingerprint density at radius 2 is 1.75 bits per heavy atom.